The van der Waals surface area contributed by atoms with Crippen LogP contribution in [0.5, 0.6) is 0 Å². The van der Waals surface area contributed by atoms with Gasteiger partial charge in [0.05, 0.1) is 18.6 Å². The van der Waals surface area contributed by atoms with E-state index in [0.29, 0.717) is 5.92 Å². The minimum Gasteiger partial charge on any atom is -0.481 e. The largest absolute Gasteiger partial charge is 0.481 e. The lowest BCUT2D eigenvalue weighted by Gasteiger charge is -2.26. The van der Waals surface area contributed by atoms with E-state index in [0.717, 1.165) is 30.4 Å². The zero-order valence-electron chi connectivity index (χ0n) is 11.4. The summed E-state index contributed by atoms with van der Waals surface area (Å²) in [6, 6.07) is 7.76. The fourth-order valence-electron chi connectivity index (χ4n) is 3.72. The van der Waals surface area contributed by atoms with Gasteiger partial charge in [-0.3, -0.25) is 4.79 Å². The Morgan fingerprint density at radius 3 is 2.60 bits per heavy atom. The number of aliphatic hydroxyl groups is 1. The van der Waals surface area contributed by atoms with Gasteiger partial charge in [-0.25, -0.2) is 0 Å². The van der Waals surface area contributed by atoms with Crippen molar-refractivity contribution in [2.45, 2.75) is 37.9 Å². The molecule has 1 aromatic carbocycles. The number of fused-ring (bicyclic) bond motifs is 2. The molecule has 2 aliphatic rings. The molecule has 0 aromatic heterocycles. The van der Waals surface area contributed by atoms with Gasteiger partial charge in [0.1, 0.15) is 0 Å². The first kappa shape index (κ1) is 13.6. The van der Waals surface area contributed by atoms with Crippen molar-refractivity contribution in [1.82, 2.24) is 0 Å². The van der Waals surface area contributed by atoms with Gasteiger partial charge in [-0.1, -0.05) is 24.3 Å². The second-order valence-corrected chi connectivity index (χ2v) is 5.90. The van der Waals surface area contributed by atoms with Gasteiger partial charge in [0, 0.05) is 12.5 Å². The number of hydrogen-bond donors (Lipinski definition) is 2. The maximum absolute atomic E-state index is 10.8. The Morgan fingerprint density at radius 1 is 1.20 bits per heavy atom. The average molecular weight is 276 g/mol. The average Bonchev–Trinajstić information content (AvgIpc) is 2.99. The molecule has 3 rings (SSSR count). The first-order valence-corrected chi connectivity index (χ1v) is 7.23. The van der Waals surface area contributed by atoms with Gasteiger partial charge in [0.15, 0.2) is 0 Å². The summed E-state index contributed by atoms with van der Waals surface area (Å²) in [5, 5.41) is 18.4. The Balaban J connectivity index is 1.72. The van der Waals surface area contributed by atoms with Crippen LogP contribution in [0.2, 0.25) is 0 Å². The van der Waals surface area contributed by atoms with Crippen LogP contribution in [0.25, 0.3) is 0 Å². The monoisotopic (exact) mass is 276 g/mol. The van der Waals surface area contributed by atoms with Crippen molar-refractivity contribution in [2.75, 3.05) is 6.61 Å². The Morgan fingerprint density at radius 2 is 1.90 bits per heavy atom. The van der Waals surface area contributed by atoms with E-state index in [9.17, 15) is 9.90 Å². The van der Waals surface area contributed by atoms with E-state index < -0.39 is 5.97 Å². The van der Waals surface area contributed by atoms with Gasteiger partial charge in [0.25, 0.3) is 0 Å². The summed E-state index contributed by atoms with van der Waals surface area (Å²) in [7, 11) is 0. The molecular weight excluding hydrogens is 256 g/mol. The molecule has 2 saturated heterocycles. The quantitative estimate of drug-likeness (QED) is 0.858. The number of aliphatic carboxylic acids is 1. The molecule has 0 unspecified atom stereocenters. The summed E-state index contributed by atoms with van der Waals surface area (Å²) < 4.78 is 5.90. The third kappa shape index (κ3) is 2.58. The zero-order valence-corrected chi connectivity index (χ0v) is 11.4. The summed E-state index contributed by atoms with van der Waals surface area (Å²) in [4.78, 5) is 10.8. The summed E-state index contributed by atoms with van der Waals surface area (Å²) in [6.45, 7) is 0.181. The van der Waals surface area contributed by atoms with Crippen molar-refractivity contribution in [1.29, 1.82) is 0 Å². The number of carboxylic acid groups (broad SMARTS) is 1. The number of carbonyl (C=O) groups is 1. The minimum atomic E-state index is -0.807. The maximum Gasteiger partial charge on any atom is 0.307 e. The van der Waals surface area contributed by atoms with Crippen LogP contribution in [-0.4, -0.2) is 35.0 Å². The van der Waals surface area contributed by atoms with Crippen LogP contribution in [0.4, 0.5) is 0 Å². The number of rotatable bonds is 5. The normalized spacial score (nSPS) is 31.6. The molecule has 2 N–H and O–H groups in total. The molecule has 1 aromatic rings. The molecule has 0 amide bonds. The molecule has 2 aliphatic heterocycles. The second-order valence-electron chi connectivity index (χ2n) is 5.90. The molecule has 4 nitrogen and oxygen atoms in total. The van der Waals surface area contributed by atoms with Crippen LogP contribution in [0.1, 0.15) is 24.0 Å². The SMILES string of the molecule is O=C(O)Cc1cccc(C[C@@H]2[C@H](CO)[C@H]3CC[C@@H]2O3)c1. The van der Waals surface area contributed by atoms with E-state index >= 15 is 0 Å². The Kier molecular flexibility index (Phi) is 3.76. The number of aliphatic hydroxyl groups excluding tert-OH is 1. The van der Waals surface area contributed by atoms with Crippen molar-refractivity contribution in [2.24, 2.45) is 11.8 Å². The molecule has 4 heteroatoms. The first-order chi connectivity index (χ1) is 9.67. The molecule has 0 spiro atoms. The van der Waals surface area contributed by atoms with Crippen LogP contribution in [-0.2, 0) is 22.4 Å². The number of carboxylic acids is 1. The standard InChI is InChI=1S/C16H20O4/c17-9-13-12(14-4-5-15(13)20-14)7-10-2-1-3-11(6-10)8-16(18)19/h1-3,6,12-15,17H,4-5,7-9H2,(H,18,19)/t12-,13+,14+,15-/m1/s1. The highest BCUT2D eigenvalue weighted by molar-refractivity contribution is 5.70. The first-order valence-electron chi connectivity index (χ1n) is 7.23. The fraction of sp³-hybridized carbons (Fsp3) is 0.562. The lowest BCUT2D eigenvalue weighted by atomic mass is 9.76. The molecule has 0 radical (unpaired) electrons. The van der Waals surface area contributed by atoms with Gasteiger partial charge in [-0.05, 0) is 36.3 Å². The number of hydrogen-bond acceptors (Lipinski definition) is 3. The van der Waals surface area contributed by atoms with Crippen molar-refractivity contribution >= 4 is 5.97 Å². The van der Waals surface area contributed by atoms with E-state index in [1.807, 2.05) is 24.3 Å². The van der Waals surface area contributed by atoms with Crippen molar-refractivity contribution < 1.29 is 19.7 Å². The molecule has 2 fully saturated rings. The van der Waals surface area contributed by atoms with Crippen molar-refractivity contribution in [3.63, 3.8) is 0 Å². The van der Waals surface area contributed by atoms with Crippen LogP contribution in [0, 0.1) is 11.8 Å². The summed E-state index contributed by atoms with van der Waals surface area (Å²) in [5.74, 6) is -0.214. The maximum atomic E-state index is 10.8. The molecule has 0 aliphatic carbocycles. The van der Waals surface area contributed by atoms with Gasteiger partial charge in [0.2, 0.25) is 0 Å². The van der Waals surface area contributed by atoms with E-state index in [1.165, 1.54) is 0 Å². The van der Waals surface area contributed by atoms with Gasteiger partial charge < -0.3 is 14.9 Å². The summed E-state index contributed by atoms with van der Waals surface area (Å²) >= 11 is 0. The Bertz CT molecular complexity index is 499. The van der Waals surface area contributed by atoms with E-state index in [-0.39, 0.29) is 31.2 Å². The minimum absolute atomic E-state index is 0.0600. The lowest BCUT2D eigenvalue weighted by Crippen LogP contribution is -2.31. The predicted molar refractivity (Wildman–Crippen MR) is 73.4 cm³/mol. The third-order valence-electron chi connectivity index (χ3n) is 4.62. The van der Waals surface area contributed by atoms with Gasteiger partial charge >= 0.3 is 5.97 Å². The molecule has 2 bridgehead atoms. The van der Waals surface area contributed by atoms with Crippen LogP contribution >= 0.6 is 0 Å². The van der Waals surface area contributed by atoms with Gasteiger partial charge in [-0.2, -0.15) is 0 Å². The molecule has 108 valence electrons. The molecule has 0 saturated carbocycles. The zero-order chi connectivity index (χ0) is 14.1. The fourth-order valence-corrected chi connectivity index (χ4v) is 3.72. The smallest absolute Gasteiger partial charge is 0.307 e. The summed E-state index contributed by atoms with van der Waals surface area (Å²) in [6.07, 6.45) is 3.55. The molecule has 2 heterocycles. The van der Waals surface area contributed by atoms with Crippen LogP contribution < -0.4 is 0 Å². The molecule has 20 heavy (non-hydrogen) atoms. The third-order valence-corrected chi connectivity index (χ3v) is 4.62. The topological polar surface area (TPSA) is 66.8 Å². The second kappa shape index (κ2) is 5.54. The Labute approximate surface area is 118 Å². The van der Waals surface area contributed by atoms with E-state index in [2.05, 4.69) is 0 Å². The van der Waals surface area contributed by atoms with Crippen molar-refractivity contribution in [3.05, 3.63) is 35.4 Å². The van der Waals surface area contributed by atoms with Crippen molar-refractivity contribution in [3.8, 4) is 0 Å². The molecule has 4 atom stereocenters. The molecular formula is C16H20O4. The lowest BCUT2D eigenvalue weighted by molar-refractivity contribution is -0.136. The summed E-state index contributed by atoms with van der Waals surface area (Å²) in [5.41, 5.74) is 1.97. The highest BCUT2D eigenvalue weighted by Gasteiger charge is 2.48. The van der Waals surface area contributed by atoms with Crippen LogP contribution in [0.15, 0.2) is 24.3 Å². The van der Waals surface area contributed by atoms with Crippen LogP contribution in [0.3, 0.4) is 0 Å². The van der Waals surface area contributed by atoms with Gasteiger partial charge in [-0.15, -0.1) is 0 Å². The van der Waals surface area contributed by atoms with E-state index in [4.69, 9.17) is 9.84 Å². The number of ether oxygens (including phenoxy) is 1. The highest BCUT2D eigenvalue weighted by Crippen LogP contribution is 2.44. The predicted octanol–water partition coefficient (Wildman–Crippen LogP) is 1.64. The highest BCUT2D eigenvalue weighted by atomic mass is 16.5. The number of benzene rings is 1. The van der Waals surface area contributed by atoms with E-state index in [1.54, 1.807) is 0 Å². The Hall–Kier alpha value is -1.39.